The predicted molar refractivity (Wildman–Crippen MR) is 79.2 cm³/mol. The molecular weight excluding hydrogens is 293 g/mol. The highest BCUT2D eigenvalue weighted by Crippen LogP contribution is 2.24. The lowest BCUT2D eigenvalue weighted by Crippen LogP contribution is -2.40. The van der Waals surface area contributed by atoms with Crippen LogP contribution in [0, 0.1) is 25.6 Å². The monoisotopic (exact) mass is 315 g/mol. The zero-order valence-electron chi connectivity index (χ0n) is 12.6. The molecule has 0 aromatic heterocycles. The van der Waals surface area contributed by atoms with Crippen molar-refractivity contribution in [2.75, 3.05) is 13.2 Å². The summed E-state index contributed by atoms with van der Waals surface area (Å²) in [5.41, 5.74) is 0.860. The normalized spacial score (nSPS) is 18.7. The van der Waals surface area contributed by atoms with Crippen LogP contribution in [0.15, 0.2) is 17.0 Å². The van der Waals surface area contributed by atoms with E-state index in [2.05, 4.69) is 4.72 Å². The molecule has 0 amide bonds. The first-order valence-corrected chi connectivity index (χ1v) is 8.66. The quantitative estimate of drug-likeness (QED) is 0.929. The standard InChI is InChI=1S/C15H22FNO3S/c1-10-8-14(16)9-11(2)15(10)21(18,19)17-12(3)13-4-6-20-7-5-13/h8-9,12-13,17H,4-7H2,1-3H3. The van der Waals surface area contributed by atoms with Gasteiger partial charge in [-0.1, -0.05) is 0 Å². The van der Waals surface area contributed by atoms with Crippen molar-refractivity contribution in [3.05, 3.63) is 29.1 Å². The van der Waals surface area contributed by atoms with Gasteiger partial charge in [-0.25, -0.2) is 17.5 Å². The fraction of sp³-hybridized carbons (Fsp3) is 0.600. The minimum Gasteiger partial charge on any atom is -0.381 e. The molecule has 0 radical (unpaired) electrons. The maximum absolute atomic E-state index is 13.3. The predicted octanol–water partition coefficient (Wildman–Crippen LogP) is 2.54. The van der Waals surface area contributed by atoms with Crippen LogP contribution in [0.2, 0.25) is 0 Å². The Kier molecular flexibility index (Phi) is 5.01. The van der Waals surface area contributed by atoms with Gasteiger partial charge in [-0.3, -0.25) is 0 Å². The van der Waals surface area contributed by atoms with Crippen molar-refractivity contribution in [2.45, 2.75) is 44.6 Å². The molecule has 118 valence electrons. The van der Waals surface area contributed by atoms with Crippen molar-refractivity contribution in [1.82, 2.24) is 4.72 Å². The highest BCUT2D eigenvalue weighted by Gasteiger charge is 2.27. The van der Waals surface area contributed by atoms with Crippen LogP contribution in [0.4, 0.5) is 4.39 Å². The summed E-state index contributed by atoms with van der Waals surface area (Å²) in [6.07, 6.45) is 1.70. The molecule has 0 spiro atoms. The summed E-state index contributed by atoms with van der Waals surface area (Å²) in [7, 11) is -3.64. The van der Waals surface area contributed by atoms with E-state index in [0.717, 1.165) is 12.8 Å². The van der Waals surface area contributed by atoms with Gasteiger partial charge in [0.15, 0.2) is 0 Å². The molecule has 2 rings (SSSR count). The van der Waals surface area contributed by atoms with E-state index in [1.165, 1.54) is 12.1 Å². The van der Waals surface area contributed by atoms with E-state index in [4.69, 9.17) is 4.74 Å². The molecule has 1 atom stereocenters. The van der Waals surface area contributed by atoms with Crippen LogP contribution in [-0.4, -0.2) is 27.7 Å². The van der Waals surface area contributed by atoms with E-state index in [-0.39, 0.29) is 16.9 Å². The lowest BCUT2D eigenvalue weighted by molar-refractivity contribution is 0.0585. The van der Waals surface area contributed by atoms with Crippen LogP contribution in [0.5, 0.6) is 0 Å². The number of sulfonamides is 1. The topological polar surface area (TPSA) is 55.4 Å². The van der Waals surface area contributed by atoms with Crippen LogP contribution in [0.1, 0.15) is 30.9 Å². The third kappa shape index (κ3) is 3.81. The van der Waals surface area contributed by atoms with Gasteiger partial charge in [0.25, 0.3) is 0 Å². The second-order valence-electron chi connectivity index (χ2n) is 5.73. The summed E-state index contributed by atoms with van der Waals surface area (Å²) in [5.74, 6) is -0.143. The van der Waals surface area contributed by atoms with Crippen molar-refractivity contribution in [3.63, 3.8) is 0 Å². The van der Waals surface area contributed by atoms with E-state index in [1.807, 2.05) is 6.92 Å². The molecule has 0 saturated carbocycles. The number of rotatable bonds is 4. The lowest BCUT2D eigenvalue weighted by atomic mass is 9.94. The molecule has 21 heavy (non-hydrogen) atoms. The molecule has 1 aromatic carbocycles. The van der Waals surface area contributed by atoms with Gasteiger partial charge < -0.3 is 4.74 Å². The molecule has 6 heteroatoms. The van der Waals surface area contributed by atoms with Gasteiger partial charge in [0.1, 0.15) is 5.82 Å². The van der Waals surface area contributed by atoms with Gasteiger partial charge in [-0.15, -0.1) is 0 Å². The SMILES string of the molecule is Cc1cc(F)cc(C)c1S(=O)(=O)NC(C)C1CCOCC1. The number of ether oxygens (including phenoxy) is 1. The Morgan fingerprint density at radius 2 is 1.76 bits per heavy atom. The molecule has 1 aliphatic heterocycles. The zero-order chi connectivity index (χ0) is 15.6. The summed E-state index contributed by atoms with van der Waals surface area (Å²) in [6, 6.07) is 2.34. The van der Waals surface area contributed by atoms with Crippen LogP contribution >= 0.6 is 0 Å². The largest absolute Gasteiger partial charge is 0.381 e. The Bertz CT molecular complexity index is 586. The summed E-state index contributed by atoms with van der Waals surface area (Å²) >= 11 is 0. The second-order valence-corrected chi connectivity index (χ2v) is 7.38. The number of benzene rings is 1. The number of nitrogens with one attached hydrogen (secondary N) is 1. The Morgan fingerprint density at radius 3 is 2.29 bits per heavy atom. The Labute approximate surface area is 125 Å². The molecule has 1 fully saturated rings. The van der Waals surface area contributed by atoms with Gasteiger partial charge in [0.2, 0.25) is 10.0 Å². The van der Waals surface area contributed by atoms with E-state index in [0.29, 0.717) is 24.3 Å². The van der Waals surface area contributed by atoms with Crippen molar-refractivity contribution < 1.29 is 17.5 Å². The van der Waals surface area contributed by atoms with Gasteiger partial charge in [-0.2, -0.15) is 0 Å². The first kappa shape index (κ1) is 16.4. The van der Waals surface area contributed by atoms with Crippen LogP contribution in [0.25, 0.3) is 0 Å². The third-order valence-electron chi connectivity index (χ3n) is 4.01. The minimum absolute atomic E-state index is 0.164. The average molecular weight is 315 g/mol. The van der Waals surface area contributed by atoms with Crippen LogP contribution in [0.3, 0.4) is 0 Å². The second kappa shape index (κ2) is 6.42. The third-order valence-corrected chi connectivity index (χ3v) is 5.87. The Morgan fingerprint density at radius 1 is 1.24 bits per heavy atom. The highest BCUT2D eigenvalue weighted by molar-refractivity contribution is 7.89. The van der Waals surface area contributed by atoms with Gasteiger partial charge in [0.05, 0.1) is 4.90 Å². The Hall–Kier alpha value is -0.980. The smallest absolute Gasteiger partial charge is 0.241 e. The van der Waals surface area contributed by atoms with Gasteiger partial charge in [0, 0.05) is 19.3 Å². The summed E-state index contributed by atoms with van der Waals surface area (Å²) < 4.78 is 46.5. The molecule has 1 aromatic rings. The number of hydrogen-bond donors (Lipinski definition) is 1. The maximum Gasteiger partial charge on any atom is 0.241 e. The molecule has 1 heterocycles. The molecule has 1 unspecified atom stereocenters. The maximum atomic E-state index is 13.3. The highest BCUT2D eigenvalue weighted by atomic mass is 32.2. The first-order chi connectivity index (χ1) is 9.81. The van der Waals surface area contributed by atoms with E-state index < -0.39 is 15.8 Å². The van der Waals surface area contributed by atoms with Crippen LogP contribution < -0.4 is 4.72 Å². The number of aryl methyl sites for hydroxylation is 2. The molecule has 4 nitrogen and oxygen atoms in total. The summed E-state index contributed by atoms with van der Waals surface area (Å²) in [5, 5.41) is 0. The first-order valence-electron chi connectivity index (χ1n) is 7.18. The summed E-state index contributed by atoms with van der Waals surface area (Å²) in [4.78, 5) is 0.183. The zero-order valence-corrected chi connectivity index (χ0v) is 13.5. The van der Waals surface area contributed by atoms with E-state index in [9.17, 15) is 12.8 Å². The van der Waals surface area contributed by atoms with Gasteiger partial charge in [-0.05, 0) is 62.8 Å². The molecule has 1 aliphatic rings. The fourth-order valence-electron chi connectivity index (χ4n) is 2.94. The fourth-order valence-corrected chi connectivity index (χ4v) is 4.70. The average Bonchev–Trinajstić information content (AvgIpc) is 2.37. The minimum atomic E-state index is -3.64. The number of halogens is 1. The molecule has 0 aliphatic carbocycles. The lowest BCUT2D eigenvalue weighted by Gasteiger charge is -2.28. The molecule has 1 N–H and O–H groups in total. The molecular formula is C15H22FNO3S. The molecule has 1 saturated heterocycles. The van der Waals surface area contributed by atoms with Crippen molar-refractivity contribution >= 4 is 10.0 Å². The number of hydrogen-bond acceptors (Lipinski definition) is 3. The van der Waals surface area contributed by atoms with E-state index in [1.54, 1.807) is 13.8 Å². The summed E-state index contributed by atoms with van der Waals surface area (Å²) in [6.45, 7) is 6.45. The van der Waals surface area contributed by atoms with E-state index >= 15 is 0 Å². The van der Waals surface area contributed by atoms with Crippen LogP contribution in [-0.2, 0) is 14.8 Å². The Balaban J connectivity index is 2.22. The van der Waals surface area contributed by atoms with Gasteiger partial charge >= 0.3 is 0 Å². The molecule has 0 bridgehead atoms. The van der Waals surface area contributed by atoms with Crippen molar-refractivity contribution in [2.24, 2.45) is 5.92 Å². The van der Waals surface area contributed by atoms with Crippen molar-refractivity contribution in [3.8, 4) is 0 Å². The van der Waals surface area contributed by atoms with Crippen molar-refractivity contribution in [1.29, 1.82) is 0 Å².